The molecule has 0 saturated carbocycles. The van der Waals surface area contributed by atoms with Crippen LogP contribution < -0.4 is 15.4 Å². The smallest absolute Gasteiger partial charge is 0.296 e. The average molecular weight is 545 g/mol. The number of anilines is 2. The van der Waals surface area contributed by atoms with E-state index in [4.69, 9.17) is 4.74 Å². The van der Waals surface area contributed by atoms with E-state index in [2.05, 4.69) is 15.6 Å². The number of thioether (sulfide) groups is 1. The third kappa shape index (κ3) is 5.43. The van der Waals surface area contributed by atoms with Gasteiger partial charge >= 0.3 is 0 Å². The SMILES string of the molecule is COc1ccc(NC(=O)CSc2nc3ccc(NC(=O)c4cccc5ccccc45)cc3s2)c([N+](=O)[O-])c1. The second kappa shape index (κ2) is 10.9. The highest BCUT2D eigenvalue weighted by Crippen LogP contribution is 2.33. The summed E-state index contributed by atoms with van der Waals surface area (Å²) in [7, 11) is 1.41. The number of hydrogen-bond donors (Lipinski definition) is 2. The van der Waals surface area contributed by atoms with Crippen molar-refractivity contribution in [2.75, 3.05) is 23.5 Å². The first-order valence-electron chi connectivity index (χ1n) is 11.4. The Hall–Kier alpha value is -4.48. The molecule has 0 bridgehead atoms. The minimum absolute atomic E-state index is 0.0215. The van der Waals surface area contributed by atoms with Crippen LogP contribution in [0.5, 0.6) is 5.75 Å². The summed E-state index contributed by atoms with van der Waals surface area (Å²) in [5.74, 6) is -0.255. The summed E-state index contributed by atoms with van der Waals surface area (Å²) in [5.41, 5.74) is 1.82. The molecule has 0 aliphatic carbocycles. The molecule has 0 aliphatic heterocycles. The van der Waals surface area contributed by atoms with E-state index in [9.17, 15) is 19.7 Å². The summed E-state index contributed by atoms with van der Waals surface area (Å²) in [6.07, 6.45) is 0. The van der Waals surface area contributed by atoms with Crippen molar-refractivity contribution in [3.05, 3.63) is 94.5 Å². The Morgan fingerprint density at radius 2 is 1.84 bits per heavy atom. The number of fused-ring (bicyclic) bond motifs is 2. The highest BCUT2D eigenvalue weighted by atomic mass is 32.2. The summed E-state index contributed by atoms with van der Waals surface area (Å²) in [5, 5.41) is 18.7. The lowest BCUT2D eigenvalue weighted by Crippen LogP contribution is -2.15. The Labute approximate surface area is 225 Å². The fourth-order valence-corrected chi connectivity index (χ4v) is 5.78. The molecule has 1 aromatic heterocycles. The number of carbonyl (C=O) groups is 2. The van der Waals surface area contributed by atoms with Gasteiger partial charge in [-0.25, -0.2) is 4.98 Å². The van der Waals surface area contributed by atoms with Crippen molar-refractivity contribution >= 4 is 73.0 Å². The van der Waals surface area contributed by atoms with Gasteiger partial charge in [-0.2, -0.15) is 0 Å². The second-order valence-corrected chi connectivity index (χ2v) is 10.4. The summed E-state index contributed by atoms with van der Waals surface area (Å²) < 4.78 is 6.54. The molecule has 0 spiro atoms. The van der Waals surface area contributed by atoms with Gasteiger partial charge in [0.1, 0.15) is 11.4 Å². The number of rotatable bonds is 8. The van der Waals surface area contributed by atoms with Crippen molar-refractivity contribution in [2.45, 2.75) is 4.34 Å². The molecule has 2 N–H and O–H groups in total. The Balaban J connectivity index is 1.25. The van der Waals surface area contributed by atoms with Crippen molar-refractivity contribution in [3.8, 4) is 5.75 Å². The van der Waals surface area contributed by atoms with Crippen LogP contribution in [0.15, 0.2) is 83.2 Å². The van der Waals surface area contributed by atoms with E-state index in [1.807, 2.05) is 48.5 Å². The largest absolute Gasteiger partial charge is 0.496 e. The number of benzene rings is 4. The molecule has 190 valence electrons. The van der Waals surface area contributed by atoms with Gasteiger partial charge in [-0.1, -0.05) is 48.2 Å². The second-order valence-electron chi connectivity index (χ2n) is 8.12. The zero-order chi connectivity index (χ0) is 26.6. The number of ether oxygens (including phenoxy) is 1. The molecule has 0 unspecified atom stereocenters. The van der Waals surface area contributed by atoms with Gasteiger partial charge in [0, 0.05) is 11.3 Å². The Kier molecular flexibility index (Phi) is 7.20. The monoisotopic (exact) mass is 544 g/mol. The van der Waals surface area contributed by atoms with Gasteiger partial charge in [0.25, 0.3) is 11.6 Å². The van der Waals surface area contributed by atoms with Crippen LogP contribution in [-0.2, 0) is 4.79 Å². The molecule has 5 aromatic rings. The standard InChI is InChI=1S/C27H20N4O5S2/c1-36-18-10-12-21(23(14-18)31(34)35)29-25(32)15-37-27-30-22-11-9-17(13-24(22)38-27)28-26(33)20-8-4-6-16-5-2-3-7-19(16)20/h2-14H,15H2,1H3,(H,28,33)(H,29,32). The van der Waals surface area contributed by atoms with Crippen LogP contribution in [0.2, 0.25) is 0 Å². The van der Waals surface area contributed by atoms with E-state index < -0.39 is 10.8 Å². The van der Waals surface area contributed by atoms with Gasteiger partial charge in [-0.3, -0.25) is 19.7 Å². The molecule has 0 aliphatic rings. The van der Waals surface area contributed by atoms with Crippen LogP contribution in [0.25, 0.3) is 21.0 Å². The van der Waals surface area contributed by atoms with E-state index in [0.29, 0.717) is 21.3 Å². The van der Waals surface area contributed by atoms with Crippen molar-refractivity contribution in [1.29, 1.82) is 0 Å². The van der Waals surface area contributed by atoms with E-state index >= 15 is 0 Å². The highest BCUT2D eigenvalue weighted by molar-refractivity contribution is 8.01. The lowest BCUT2D eigenvalue weighted by Gasteiger charge is -2.08. The number of thiazole rings is 1. The Bertz CT molecular complexity index is 1700. The molecule has 1 heterocycles. The topological polar surface area (TPSA) is 123 Å². The summed E-state index contributed by atoms with van der Waals surface area (Å²) in [4.78, 5) is 40.8. The number of carbonyl (C=O) groups excluding carboxylic acids is 2. The molecule has 11 heteroatoms. The molecule has 4 aromatic carbocycles. The van der Waals surface area contributed by atoms with Crippen molar-refractivity contribution < 1.29 is 19.2 Å². The predicted octanol–water partition coefficient (Wildman–Crippen LogP) is 6.35. The zero-order valence-electron chi connectivity index (χ0n) is 20.0. The van der Waals surface area contributed by atoms with Gasteiger partial charge in [0.2, 0.25) is 5.91 Å². The maximum atomic E-state index is 13.0. The molecule has 0 atom stereocenters. The van der Waals surface area contributed by atoms with Gasteiger partial charge in [0.05, 0.1) is 34.1 Å². The van der Waals surface area contributed by atoms with Crippen LogP contribution in [0, 0.1) is 10.1 Å². The van der Waals surface area contributed by atoms with Crippen LogP contribution >= 0.6 is 23.1 Å². The number of nitro groups is 1. The third-order valence-electron chi connectivity index (χ3n) is 5.66. The molecule has 0 radical (unpaired) electrons. The van der Waals surface area contributed by atoms with Gasteiger partial charge in [0.15, 0.2) is 4.34 Å². The lowest BCUT2D eigenvalue weighted by molar-refractivity contribution is -0.384. The normalized spacial score (nSPS) is 10.9. The van der Waals surface area contributed by atoms with E-state index in [1.165, 1.54) is 42.3 Å². The fraction of sp³-hybridized carbons (Fsp3) is 0.0741. The van der Waals surface area contributed by atoms with Crippen molar-refractivity contribution in [2.24, 2.45) is 0 Å². The number of methoxy groups -OCH3 is 1. The number of nitrogens with one attached hydrogen (secondary N) is 2. The van der Waals surface area contributed by atoms with E-state index in [-0.39, 0.29) is 23.0 Å². The van der Waals surface area contributed by atoms with Crippen molar-refractivity contribution in [3.63, 3.8) is 0 Å². The Morgan fingerprint density at radius 3 is 2.66 bits per heavy atom. The van der Waals surface area contributed by atoms with Crippen molar-refractivity contribution in [1.82, 2.24) is 4.98 Å². The molecule has 2 amide bonds. The summed E-state index contributed by atoms with van der Waals surface area (Å²) in [6, 6.07) is 23.0. The first kappa shape index (κ1) is 25.2. The molecule has 0 fully saturated rings. The van der Waals surface area contributed by atoms with Crippen LogP contribution in [0.1, 0.15) is 10.4 Å². The predicted molar refractivity (Wildman–Crippen MR) is 151 cm³/mol. The van der Waals surface area contributed by atoms with Gasteiger partial charge in [-0.15, -0.1) is 11.3 Å². The molecular weight excluding hydrogens is 524 g/mol. The maximum Gasteiger partial charge on any atom is 0.296 e. The first-order valence-corrected chi connectivity index (χ1v) is 13.2. The third-order valence-corrected chi connectivity index (χ3v) is 7.82. The number of hydrogen-bond acceptors (Lipinski definition) is 8. The zero-order valence-corrected chi connectivity index (χ0v) is 21.6. The van der Waals surface area contributed by atoms with Crippen LogP contribution in [0.3, 0.4) is 0 Å². The van der Waals surface area contributed by atoms with Gasteiger partial charge in [-0.05, 0) is 47.2 Å². The first-order chi connectivity index (χ1) is 18.4. The summed E-state index contributed by atoms with van der Waals surface area (Å²) in [6.45, 7) is 0. The quantitative estimate of drug-likeness (QED) is 0.133. The molecular formula is C27H20N4O5S2. The Morgan fingerprint density at radius 1 is 1.03 bits per heavy atom. The number of amides is 2. The lowest BCUT2D eigenvalue weighted by atomic mass is 10.0. The number of nitrogens with zero attached hydrogens (tertiary/aromatic N) is 2. The minimum Gasteiger partial charge on any atom is -0.496 e. The highest BCUT2D eigenvalue weighted by Gasteiger charge is 2.18. The van der Waals surface area contributed by atoms with E-state index in [1.54, 1.807) is 18.2 Å². The van der Waals surface area contributed by atoms with Crippen LogP contribution in [0.4, 0.5) is 17.1 Å². The van der Waals surface area contributed by atoms with Crippen LogP contribution in [-0.4, -0.2) is 34.6 Å². The van der Waals surface area contributed by atoms with E-state index in [0.717, 1.165) is 21.0 Å². The number of nitro benzene ring substituents is 1. The molecule has 0 saturated heterocycles. The molecule has 9 nitrogen and oxygen atoms in total. The summed E-state index contributed by atoms with van der Waals surface area (Å²) >= 11 is 2.62. The van der Waals surface area contributed by atoms with Gasteiger partial charge < -0.3 is 15.4 Å². The minimum atomic E-state index is -0.574. The molecule has 38 heavy (non-hydrogen) atoms. The maximum absolute atomic E-state index is 13.0. The number of aromatic nitrogens is 1. The molecule has 5 rings (SSSR count). The fourth-order valence-electron chi connectivity index (χ4n) is 3.87. The average Bonchev–Trinajstić information content (AvgIpc) is 3.34.